The van der Waals surface area contributed by atoms with Gasteiger partial charge in [0.1, 0.15) is 5.65 Å². The van der Waals surface area contributed by atoms with E-state index in [1.807, 2.05) is 34.6 Å². The van der Waals surface area contributed by atoms with E-state index in [1.165, 1.54) is 6.42 Å². The predicted molar refractivity (Wildman–Crippen MR) is 107 cm³/mol. The van der Waals surface area contributed by atoms with Crippen molar-refractivity contribution in [3.63, 3.8) is 0 Å². The molecule has 0 radical (unpaired) electrons. The average molecular weight is 383 g/mol. The van der Waals surface area contributed by atoms with E-state index >= 15 is 0 Å². The van der Waals surface area contributed by atoms with E-state index in [9.17, 15) is 9.59 Å². The Morgan fingerprint density at radius 1 is 1.14 bits per heavy atom. The SMILES string of the molecule is Cc1cccn2c(CN3CCCC[C@H]3C(N)=O)c(C(=O)N3CCCCC3)nc12. The van der Waals surface area contributed by atoms with Crippen LogP contribution in [0.15, 0.2) is 18.3 Å². The van der Waals surface area contributed by atoms with E-state index in [0.29, 0.717) is 12.2 Å². The van der Waals surface area contributed by atoms with Crippen LogP contribution < -0.4 is 5.73 Å². The molecule has 0 bridgehead atoms. The van der Waals surface area contributed by atoms with Crippen LogP contribution in [0.4, 0.5) is 0 Å². The van der Waals surface area contributed by atoms with Gasteiger partial charge in [-0.25, -0.2) is 4.98 Å². The highest BCUT2D eigenvalue weighted by molar-refractivity contribution is 5.94. The largest absolute Gasteiger partial charge is 0.368 e. The molecule has 2 aromatic heterocycles. The van der Waals surface area contributed by atoms with Crippen LogP contribution in [0.3, 0.4) is 0 Å². The normalized spacial score (nSPS) is 21.2. The molecule has 2 fully saturated rings. The van der Waals surface area contributed by atoms with Gasteiger partial charge >= 0.3 is 0 Å². The molecule has 4 heterocycles. The summed E-state index contributed by atoms with van der Waals surface area (Å²) < 4.78 is 2.01. The lowest BCUT2D eigenvalue weighted by atomic mass is 10.0. The van der Waals surface area contributed by atoms with Crippen molar-refractivity contribution >= 4 is 17.5 Å². The minimum Gasteiger partial charge on any atom is -0.368 e. The number of nitrogens with two attached hydrogens (primary N) is 1. The highest BCUT2D eigenvalue weighted by Crippen LogP contribution is 2.24. The zero-order valence-electron chi connectivity index (χ0n) is 16.6. The van der Waals surface area contributed by atoms with Crippen molar-refractivity contribution in [2.24, 2.45) is 5.73 Å². The standard InChI is InChI=1S/C21H29N5O2/c1-15-8-7-13-26-17(14-25-12-6-3-9-16(25)19(22)27)18(23-20(15)26)21(28)24-10-4-2-5-11-24/h7-8,13,16H,2-6,9-12,14H2,1H3,(H2,22,27)/t16-/m0/s1. The number of rotatable bonds is 4. The maximum atomic E-state index is 13.3. The van der Waals surface area contributed by atoms with Crippen LogP contribution in [0.5, 0.6) is 0 Å². The van der Waals surface area contributed by atoms with E-state index in [1.54, 1.807) is 0 Å². The first-order valence-electron chi connectivity index (χ1n) is 10.4. The van der Waals surface area contributed by atoms with Gasteiger partial charge in [0.05, 0.1) is 11.7 Å². The van der Waals surface area contributed by atoms with E-state index in [2.05, 4.69) is 4.90 Å². The monoisotopic (exact) mass is 383 g/mol. The zero-order chi connectivity index (χ0) is 19.7. The fourth-order valence-electron chi connectivity index (χ4n) is 4.52. The summed E-state index contributed by atoms with van der Waals surface area (Å²) in [5.41, 5.74) is 8.89. The first-order valence-corrected chi connectivity index (χ1v) is 10.4. The van der Waals surface area contributed by atoms with Gasteiger partial charge < -0.3 is 15.0 Å². The molecule has 2 amide bonds. The first-order chi connectivity index (χ1) is 13.6. The molecule has 0 unspecified atom stereocenters. The van der Waals surface area contributed by atoms with Gasteiger partial charge in [-0.05, 0) is 57.2 Å². The molecular formula is C21H29N5O2. The fraction of sp³-hybridized carbons (Fsp3) is 0.571. The minimum atomic E-state index is -0.284. The van der Waals surface area contributed by atoms with Crippen molar-refractivity contribution in [1.29, 1.82) is 0 Å². The van der Waals surface area contributed by atoms with E-state index < -0.39 is 0 Å². The highest BCUT2D eigenvalue weighted by Gasteiger charge is 2.31. The molecule has 2 aliphatic rings. The molecule has 7 heteroatoms. The summed E-state index contributed by atoms with van der Waals surface area (Å²) in [6.45, 7) is 4.91. The molecule has 0 spiro atoms. The molecule has 2 aliphatic heterocycles. The Morgan fingerprint density at radius 3 is 2.64 bits per heavy atom. The molecule has 28 heavy (non-hydrogen) atoms. The minimum absolute atomic E-state index is 0.00503. The number of piperidine rings is 2. The number of pyridine rings is 1. The van der Waals surface area contributed by atoms with Gasteiger partial charge in [-0.15, -0.1) is 0 Å². The van der Waals surface area contributed by atoms with Crippen molar-refractivity contribution < 1.29 is 9.59 Å². The smallest absolute Gasteiger partial charge is 0.274 e. The summed E-state index contributed by atoms with van der Waals surface area (Å²) in [6.07, 6.45) is 8.05. The molecule has 2 N–H and O–H groups in total. The number of carbonyl (C=O) groups excluding carboxylic acids is 2. The number of nitrogens with zero attached hydrogens (tertiary/aromatic N) is 4. The van der Waals surface area contributed by atoms with Gasteiger partial charge in [-0.1, -0.05) is 12.5 Å². The van der Waals surface area contributed by atoms with E-state index in [4.69, 9.17) is 10.7 Å². The quantitative estimate of drug-likeness (QED) is 0.876. The third kappa shape index (κ3) is 3.51. The van der Waals surface area contributed by atoms with Crippen molar-refractivity contribution in [3.8, 4) is 0 Å². The Hall–Kier alpha value is -2.41. The van der Waals surface area contributed by atoms with Crippen LogP contribution in [0.2, 0.25) is 0 Å². The topological polar surface area (TPSA) is 83.9 Å². The molecule has 1 atom stereocenters. The molecule has 2 aromatic rings. The van der Waals surface area contributed by atoms with Crippen LogP contribution in [0.25, 0.3) is 5.65 Å². The fourth-order valence-corrected chi connectivity index (χ4v) is 4.52. The van der Waals surface area contributed by atoms with Gasteiger partial charge in [0.15, 0.2) is 5.69 Å². The summed E-state index contributed by atoms with van der Waals surface area (Å²) in [5, 5.41) is 0. The van der Waals surface area contributed by atoms with Crippen molar-refractivity contribution in [2.75, 3.05) is 19.6 Å². The molecule has 150 valence electrons. The lowest BCUT2D eigenvalue weighted by molar-refractivity contribution is -0.124. The van der Waals surface area contributed by atoms with Crippen molar-refractivity contribution in [2.45, 2.75) is 58.0 Å². The summed E-state index contributed by atoms with van der Waals surface area (Å²) in [4.78, 5) is 34.0. The maximum absolute atomic E-state index is 13.3. The van der Waals surface area contributed by atoms with E-state index in [-0.39, 0.29) is 17.9 Å². The van der Waals surface area contributed by atoms with Gasteiger partial charge in [0.2, 0.25) is 5.91 Å². The molecular weight excluding hydrogens is 354 g/mol. The van der Waals surface area contributed by atoms with Crippen LogP contribution in [-0.2, 0) is 11.3 Å². The summed E-state index contributed by atoms with van der Waals surface area (Å²) >= 11 is 0. The Labute approximate surface area is 165 Å². The lowest BCUT2D eigenvalue weighted by Crippen LogP contribution is -2.47. The lowest BCUT2D eigenvalue weighted by Gasteiger charge is -2.33. The second-order valence-corrected chi connectivity index (χ2v) is 8.03. The van der Waals surface area contributed by atoms with Gasteiger partial charge in [0.25, 0.3) is 5.91 Å². The number of amides is 2. The molecule has 4 rings (SSSR count). The summed E-state index contributed by atoms with van der Waals surface area (Å²) in [5.74, 6) is -0.279. The van der Waals surface area contributed by atoms with Crippen molar-refractivity contribution in [3.05, 3.63) is 35.3 Å². The Morgan fingerprint density at radius 2 is 1.89 bits per heavy atom. The Bertz CT molecular complexity index is 884. The second-order valence-electron chi connectivity index (χ2n) is 8.03. The zero-order valence-corrected chi connectivity index (χ0v) is 16.6. The molecule has 2 saturated heterocycles. The highest BCUT2D eigenvalue weighted by atomic mass is 16.2. The first kappa shape index (κ1) is 18.9. The molecule has 0 aromatic carbocycles. The number of imidazole rings is 1. The number of hydrogen-bond acceptors (Lipinski definition) is 4. The predicted octanol–water partition coefficient (Wildman–Crippen LogP) is 2.11. The number of likely N-dealkylation sites (tertiary alicyclic amines) is 2. The Kier molecular flexibility index (Phi) is 5.35. The average Bonchev–Trinajstić information content (AvgIpc) is 3.08. The van der Waals surface area contributed by atoms with E-state index in [0.717, 1.165) is 68.6 Å². The number of primary amides is 1. The van der Waals surface area contributed by atoms with Gasteiger partial charge in [0, 0.05) is 25.8 Å². The molecule has 0 aliphatic carbocycles. The third-order valence-electron chi connectivity index (χ3n) is 6.08. The summed E-state index contributed by atoms with van der Waals surface area (Å²) in [7, 11) is 0. The van der Waals surface area contributed by atoms with Crippen LogP contribution >= 0.6 is 0 Å². The number of aromatic nitrogens is 2. The number of hydrogen-bond donors (Lipinski definition) is 1. The maximum Gasteiger partial charge on any atom is 0.274 e. The third-order valence-corrected chi connectivity index (χ3v) is 6.08. The number of aryl methyl sites for hydroxylation is 1. The van der Waals surface area contributed by atoms with Gasteiger partial charge in [-0.3, -0.25) is 14.5 Å². The van der Waals surface area contributed by atoms with Crippen LogP contribution in [-0.4, -0.2) is 56.7 Å². The van der Waals surface area contributed by atoms with Crippen LogP contribution in [0, 0.1) is 6.92 Å². The second kappa shape index (κ2) is 7.91. The molecule has 7 nitrogen and oxygen atoms in total. The number of fused-ring (bicyclic) bond motifs is 1. The molecule has 0 saturated carbocycles. The van der Waals surface area contributed by atoms with Crippen LogP contribution in [0.1, 0.15) is 60.3 Å². The number of carbonyl (C=O) groups is 2. The van der Waals surface area contributed by atoms with Gasteiger partial charge in [-0.2, -0.15) is 0 Å². The Balaban J connectivity index is 1.73. The van der Waals surface area contributed by atoms with Crippen molar-refractivity contribution in [1.82, 2.24) is 19.2 Å². The summed E-state index contributed by atoms with van der Waals surface area (Å²) in [6, 6.07) is 3.71.